The number of imidazole rings is 1. The lowest BCUT2D eigenvalue weighted by Gasteiger charge is -2.08. The van der Waals surface area contributed by atoms with Crippen molar-refractivity contribution < 1.29 is 8.42 Å². The molecule has 20 heavy (non-hydrogen) atoms. The number of aromatic amines is 1. The van der Waals surface area contributed by atoms with Crippen molar-refractivity contribution in [2.24, 2.45) is 0 Å². The van der Waals surface area contributed by atoms with Crippen molar-refractivity contribution in [2.75, 3.05) is 35.7 Å². The molecule has 8 nitrogen and oxygen atoms in total. The van der Waals surface area contributed by atoms with Crippen LogP contribution in [0, 0.1) is 0 Å². The van der Waals surface area contributed by atoms with E-state index >= 15 is 0 Å². The summed E-state index contributed by atoms with van der Waals surface area (Å²) in [4.78, 5) is 15.6. The molecule has 2 aromatic heterocycles. The number of H-pyrrole nitrogens is 1. The Morgan fingerprint density at radius 3 is 2.75 bits per heavy atom. The zero-order valence-corrected chi connectivity index (χ0v) is 12.3. The highest BCUT2D eigenvalue weighted by atomic mass is 32.2. The Balaban J connectivity index is 2.19. The van der Waals surface area contributed by atoms with E-state index in [9.17, 15) is 8.42 Å². The predicted molar refractivity (Wildman–Crippen MR) is 78.7 cm³/mol. The van der Waals surface area contributed by atoms with Crippen molar-refractivity contribution in [3.8, 4) is 0 Å². The molecule has 0 aliphatic carbocycles. The summed E-state index contributed by atoms with van der Waals surface area (Å²) < 4.78 is 22.3. The molecule has 0 aliphatic rings. The van der Waals surface area contributed by atoms with Gasteiger partial charge in [0, 0.05) is 19.3 Å². The Bertz CT molecular complexity index is 681. The molecule has 2 rings (SSSR count). The summed E-state index contributed by atoms with van der Waals surface area (Å²) in [5, 5.41) is 6.09. The maximum absolute atomic E-state index is 11.1. The molecule has 0 unspecified atom stereocenters. The number of sulfone groups is 1. The van der Waals surface area contributed by atoms with Crippen LogP contribution in [0.4, 0.5) is 11.8 Å². The van der Waals surface area contributed by atoms with Gasteiger partial charge in [0.15, 0.2) is 11.5 Å². The van der Waals surface area contributed by atoms with Gasteiger partial charge in [0.25, 0.3) is 0 Å². The minimum absolute atomic E-state index is 0.0460. The van der Waals surface area contributed by atoms with E-state index in [1.165, 1.54) is 12.6 Å². The maximum Gasteiger partial charge on any atom is 0.226 e. The summed E-state index contributed by atoms with van der Waals surface area (Å²) in [6.45, 7) is 3.10. The Morgan fingerprint density at radius 1 is 1.25 bits per heavy atom. The molecule has 0 saturated carbocycles. The van der Waals surface area contributed by atoms with Crippen LogP contribution in [-0.4, -0.2) is 53.5 Å². The number of nitrogens with zero attached hydrogens (tertiary/aromatic N) is 3. The van der Waals surface area contributed by atoms with Crippen molar-refractivity contribution in [3.05, 3.63) is 6.33 Å². The number of nitrogens with one attached hydrogen (secondary N) is 3. The molecule has 0 bridgehead atoms. The Morgan fingerprint density at radius 2 is 2.05 bits per heavy atom. The number of hydrogen-bond acceptors (Lipinski definition) is 7. The molecule has 110 valence electrons. The Hall–Kier alpha value is -1.90. The van der Waals surface area contributed by atoms with Crippen molar-refractivity contribution in [3.63, 3.8) is 0 Å². The normalized spacial score (nSPS) is 11.7. The van der Waals surface area contributed by atoms with Crippen molar-refractivity contribution >= 4 is 32.8 Å². The second-order valence-electron chi connectivity index (χ2n) is 4.48. The van der Waals surface area contributed by atoms with Crippen LogP contribution in [0.15, 0.2) is 6.33 Å². The third-order valence-electron chi connectivity index (χ3n) is 2.58. The van der Waals surface area contributed by atoms with Crippen LogP contribution >= 0.6 is 0 Å². The zero-order valence-electron chi connectivity index (χ0n) is 11.5. The van der Waals surface area contributed by atoms with Crippen LogP contribution in [-0.2, 0) is 9.84 Å². The minimum Gasteiger partial charge on any atom is -0.367 e. The van der Waals surface area contributed by atoms with E-state index in [2.05, 4.69) is 30.6 Å². The summed E-state index contributed by atoms with van der Waals surface area (Å²) in [6, 6.07) is 0. The first-order valence-corrected chi connectivity index (χ1v) is 8.42. The van der Waals surface area contributed by atoms with E-state index < -0.39 is 9.84 Å². The molecule has 0 aromatic carbocycles. The number of anilines is 2. The molecule has 2 heterocycles. The molecule has 0 radical (unpaired) electrons. The average molecular weight is 298 g/mol. The topological polar surface area (TPSA) is 113 Å². The average Bonchev–Trinajstić information content (AvgIpc) is 2.83. The first-order valence-electron chi connectivity index (χ1n) is 6.36. The number of fused-ring (bicyclic) bond motifs is 1. The first kappa shape index (κ1) is 14.5. The lowest BCUT2D eigenvalue weighted by molar-refractivity contribution is 0.602. The van der Waals surface area contributed by atoms with Crippen LogP contribution in [0.1, 0.15) is 13.3 Å². The van der Waals surface area contributed by atoms with Crippen LogP contribution in [0.25, 0.3) is 11.2 Å². The number of hydrogen-bond donors (Lipinski definition) is 3. The van der Waals surface area contributed by atoms with Gasteiger partial charge in [-0.15, -0.1) is 0 Å². The van der Waals surface area contributed by atoms with Crippen LogP contribution in [0.5, 0.6) is 0 Å². The van der Waals surface area contributed by atoms with E-state index in [0.717, 1.165) is 13.0 Å². The smallest absolute Gasteiger partial charge is 0.226 e. The van der Waals surface area contributed by atoms with Gasteiger partial charge in [0.2, 0.25) is 5.95 Å². The molecule has 0 aliphatic heterocycles. The molecule has 0 saturated heterocycles. The van der Waals surface area contributed by atoms with E-state index in [1.54, 1.807) is 0 Å². The van der Waals surface area contributed by atoms with Crippen LogP contribution in [0.3, 0.4) is 0 Å². The molecule has 3 N–H and O–H groups in total. The van der Waals surface area contributed by atoms with Gasteiger partial charge in [-0.25, -0.2) is 13.4 Å². The molecule has 2 aromatic rings. The monoisotopic (exact) mass is 298 g/mol. The molecular formula is C11H18N6O2S. The summed E-state index contributed by atoms with van der Waals surface area (Å²) in [6.07, 6.45) is 3.69. The molecule has 0 fully saturated rings. The van der Waals surface area contributed by atoms with Gasteiger partial charge in [-0.05, 0) is 6.42 Å². The fourth-order valence-corrected chi connectivity index (χ4v) is 2.10. The van der Waals surface area contributed by atoms with Crippen molar-refractivity contribution in [1.82, 2.24) is 19.9 Å². The second-order valence-corrected chi connectivity index (χ2v) is 6.74. The number of aromatic nitrogens is 4. The van der Waals surface area contributed by atoms with Gasteiger partial charge >= 0.3 is 0 Å². The Kier molecular flexibility index (Phi) is 4.38. The fourth-order valence-electron chi connectivity index (χ4n) is 1.63. The summed E-state index contributed by atoms with van der Waals surface area (Å²) in [5.74, 6) is 1.08. The van der Waals surface area contributed by atoms with Gasteiger partial charge < -0.3 is 15.6 Å². The van der Waals surface area contributed by atoms with Crippen molar-refractivity contribution in [2.45, 2.75) is 13.3 Å². The second kappa shape index (κ2) is 6.04. The van der Waals surface area contributed by atoms with E-state index in [4.69, 9.17) is 0 Å². The van der Waals surface area contributed by atoms with E-state index in [1.807, 2.05) is 6.92 Å². The first-order chi connectivity index (χ1) is 9.49. The molecule has 0 atom stereocenters. The molecule has 9 heteroatoms. The van der Waals surface area contributed by atoms with Gasteiger partial charge in [0.05, 0.1) is 12.1 Å². The van der Waals surface area contributed by atoms with Gasteiger partial charge in [-0.2, -0.15) is 9.97 Å². The highest BCUT2D eigenvalue weighted by Gasteiger charge is 2.10. The maximum atomic E-state index is 11.1. The lowest BCUT2D eigenvalue weighted by Crippen LogP contribution is -2.16. The van der Waals surface area contributed by atoms with Crippen LogP contribution in [0.2, 0.25) is 0 Å². The van der Waals surface area contributed by atoms with E-state index in [-0.39, 0.29) is 12.3 Å². The zero-order chi connectivity index (χ0) is 14.6. The summed E-state index contributed by atoms with van der Waals surface area (Å²) in [7, 11) is -3.01. The third-order valence-corrected chi connectivity index (χ3v) is 3.53. The molecule has 0 amide bonds. The van der Waals surface area contributed by atoms with Gasteiger partial charge in [-0.3, -0.25) is 0 Å². The van der Waals surface area contributed by atoms with E-state index in [0.29, 0.717) is 22.9 Å². The predicted octanol–water partition coefficient (Wildman–Crippen LogP) is 0.631. The lowest BCUT2D eigenvalue weighted by atomic mass is 10.4. The largest absolute Gasteiger partial charge is 0.367 e. The Labute approximate surface area is 117 Å². The van der Waals surface area contributed by atoms with Crippen molar-refractivity contribution in [1.29, 1.82) is 0 Å². The minimum atomic E-state index is -3.01. The SMILES string of the molecule is CCCNc1nc(NCCS(C)(=O)=O)c2[nH]cnc2n1. The summed E-state index contributed by atoms with van der Waals surface area (Å²) >= 11 is 0. The van der Waals surface area contributed by atoms with Gasteiger partial charge in [0.1, 0.15) is 15.4 Å². The molecular weight excluding hydrogens is 280 g/mol. The summed E-state index contributed by atoms with van der Waals surface area (Å²) in [5.41, 5.74) is 1.21. The number of rotatable bonds is 7. The van der Waals surface area contributed by atoms with Crippen LogP contribution < -0.4 is 10.6 Å². The highest BCUT2D eigenvalue weighted by molar-refractivity contribution is 7.90. The molecule has 0 spiro atoms. The highest BCUT2D eigenvalue weighted by Crippen LogP contribution is 2.18. The van der Waals surface area contributed by atoms with Gasteiger partial charge in [-0.1, -0.05) is 6.92 Å². The third kappa shape index (κ3) is 3.80. The fraction of sp³-hybridized carbons (Fsp3) is 0.545. The standard InChI is InChI=1S/C11H18N6O2S/c1-3-4-13-11-16-9(12-5-6-20(2,18)19)8-10(17-11)15-7-14-8/h7H,3-6H2,1-2H3,(H3,12,13,14,15,16,17). The quantitative estimate of drug-likeness (QED) is 0.687.